The van der Waals surface area contributed by atoms with Gasteiger partial charge >= 0.3 is 0 Å². The summed E-state index contributed by atoms with van der Waals surface area (Å²) < 4.78 is 0. The van der Waals surface area contributed by atoms with Gasteiger partial charge in [-0.1, -0.05) is 42.5 Å². The number of fused-ring (bicyclic) bond motifs is 1. The molecule has 2 N–H and O–H groups in total. The third-order valence-electron chi connectivity index (χ3n) is 6.14. The van der Waals surface area contributed by atoms with E-state index in [1.54, 1.807) is 24.3 Å². The van der Waals surface area contributed by atoms with Gasteiger partial charge in [0.25, 0.3) is 0 Å². The summed E-state index contributed by atoms with van der Waals surface area (Å²) in [6.45, 7) is 5.00. The Labute approximate surface area is 215 Å². The molecule has 1 aliphatic rings. The lowest BCUT2D eigenvalue weighted by Crippen LogP contribution is -2.14. The van der Waals surface area contributed by atoms with Gasteiger partial charge in [-0.2, -0.15) is 0 Å². The number of aromatic nitrogens is 1. The van der Waals surface area contributed by atoms with Crippen molar-refractivity contribution in [1.29, 1.82) is 0 Å². The predicted molar refractivity (Wildman–Crippen MR) is 146 cm³/mol. The number of likely N-dealkylation sites (N-methyl/N-ethyl adjacent to an activating group) is 1. The first-order valence-electron chi connectivity index (χ1n) is 11.7. The second-order valence-electron chi connectivity index (χ2n) is 8.80. The molecule has 3 aromatic carbocycles. The van der Waals surface area contributed by atoms with E-state index in [0.717, 1.165) is 52.1 Å². The molecule has 0 aliphatic carbocycles. The van der Waals surface area contributed by atoms with E-state index in [9.17, 15) is 14.7 Å². The number of phenolic OH excluding ortho intramolecular Hbond substituents is 1. The molecule has 6 nitrogen and oxygen atoms in total. The van der Waals surface area contributed by atoms with Crippen molar-refractivity contribution in [2.45, 2.75) is 26.7 Å². The Hall–Kier alpha value is -3.97. The molecule has 0 unspecified atom stereocenters. The smallest absolute Gasteiger partial charge is 0.230 e. The number of hydrogen-bond acceptors (Lipinski definition) is 6. The quantitative estimate of drug-likeness (QED) is 0.339. The SMILES string of the molecule is Cc1ccccc1C=O.Cc1sc(NC(=O)Cc2ccc(O)cc2)nc1-c1ccc2c(c1)CCN2C. The number of carbonyl (C=O) groups excluding carboxylic acids is 2. The second-order valence-corrected chi connectivity index (χ2v) is 10.0. The lowest BCUT2D eigenvalue weighted by molar-refractivity contribution is -0.115. The molecule has 1 amide bonds. The lowest BCUT2D eigenvalue weighted by Gasteiger charge is -2.11. The molecule has 2 heterocycles. The van der Waals surface area contributed by atoms with Crippen molar-refractivity contribution in [2.24, 2.45) is 0 Å². The zero-order valence-electron chi connectivity index (χ0n) is 20.6. The Morgan fingerprint density at radius 2 is 1.86 bits per heavy atom. The van der Waals surface area contributed by atoms with E-state index in [0.29, 0.717) is 5.13 Å². The number of aldehydes is 1. The van der Waals surface area contributed by atoms with Gasteiger partial charge in [0, 0.05) is 35.3 Å². The van der Waals surface area contributed by atoms with Gasteiger partial charge in [0.1, 0.15) is 12.0 Å². The number of hydrogen-bond donors (Lipinski definition) is 2. The molecule has 0 radical (unpaired) electrons. The monoisotopic (exact) mass is 499 g/mol. The maximum Gasteiger partial charge on any atom is 0.230 e. The van der Waals surface area contributed by atoms with Gasteiger partial charge in [-0.05, 0) is 61.2 Å². The van der Waals surface area contributed by atoms with E-state index in [1.165, 1.54) is 22.6 Å². The van der Waals surface area contributed by atoms with Crippen LogP contribution in [0.15, 0.2) is 66.7 Å². The van der Waals surface area contributed by atoms with E-state index in [2.05, 4.69) is 40.4 Å². The van der Waals surface area contributed by atoms with Crippen LogP contribution in [-0.4, -0.2) is 35.9 Å². The summed E-state index contributed by atoms with van der Waals surface area (Å²) in [6.07, 6.45) is 2.17. The van der Waals surface area contributed by atoms with Crippen molar-refractivity contribution < 1.29 is 14.7 Å². The van der Waals surface area contributed by atoms with E-state index in [1.807, 2.05) is 38.1 Å². The number of rotatable bonds is 5. The predicted octanol–water partition coefficient (Wildman–Crippen LogP) is 5.81. The van der Waals surface area contributed by atoms with Crippen molar-refractivity contribution in [3.05, 3.63) is 93.9 Å². The van der Waals surface area contributed by atoms with Gasteiger partial charge in [-0.3, -0.25) is 9.59 Å². The summed E-state index contributed by atoms with van der Waals surface area (Å²) >= 11 is 1.49. The van der Waals surface area contributed by atoms with E-state index in [4.69, 9.17) is 0 Å². The maximum absolute atomic E-state index is 12.3. The molecule has 184 valence electrons. The summed E-state index contributed by atoms with van der Waals surface area (Å²) in [6, 6.07) is 20.6. The Kier molecular flexibility index (Phi) is 7.80. The normalized spacial score (nSPS) is 11.9. The molecule has 0 atom stereocenters. The number of benzene rings is 3. The highest BCUT2D eigenvalue weighted by atomic mass is 32.1. The average Bonchev–Trinajstić information content (AvgIpc) is 3.42. The van der Waals surface area contributed by atoms with E-state index >= 15 is 0 Å². The van der Waals surface area contributed by atoms with Crippen molar-refractivity contribution >= 4 is 34.3 Å². The number of phenols is 1. The molecule has 1 aromatic heterocycles. The first-order valence-corrected chi connectivity index (χ1v) is 12.6. The first-order chi connectivity index (χ1) is 17.3. The number of aryl methyl sites for hydroxylation is 2. The minimum atomic E-state index is -0.114. The van der Waals surface area contributed by atoms with Gasteiger partial charge in [-0.15, -0.1) is 11.3 Å². The summed E-state index contributed by atoms with van der Waals surface area (Å²) in [4.78, 5) is 30.5. The molecular formula is C29H29N3O3S. The van der Waals surface area contributed by atoms with Crippen LogP contribution in [-0.2, 0) is 17.6 Å². The molecular weight excluding hydrogens is 470 g/mol. The fourth-order valence-corrected chi connectivity index (χ4v) is 4.97. The van der Waals surface area contributed by atoms with Crippen LogP contribution in [0.1, 0.15) is 31.9 Å². The van der Waals surface area contributed by atoms with Crippen LogP contribution in [0.5, 0.6) is 5.75 Å². The van der Waals surface area contributed by atoms with Gasteiger partial charge < -0.3 is 15.3 Å². The zero-order valence-corrected chi connectivity index (χ0v) is 21.4. The highest BCUT2D eigenvalue weighted by Crippen LogP contribution is 2.35. The number of aromatic hydroxyl groups is 1. The topological polar surface area (TPSA) is 82.5 Å². The molecule has 0 bridgehead atoms. The molecule has 36 heavy (non-hydrogen) atoms. The third kappa shape index (κ3) is 5.98. The average molecular weight is 500 g/mol. The second kappa shape index (κ2) is 11.2. The van der Waals surface area contributed by atoms with Gasteiger partial charge in [0.05, 0.1) is 12.1 Å². The van der Waals surface area contributed by atoms with Crippen LogP contribution in [0.2, 0.25) is 0 Å². The number of nitrogens with zero attached hydrogens (tertiary/aromatic N) is 2. The minimum Gasteiger partial charge on any atom is -0.508 e. The fourth-order valence-electron chi connectivity index (χ4n) is 4.11. The fraction of sp³-hybridized carbons (Fsp3) is 0.207. The molecule has 0 saturated heterocycles. The lowest BCUT2D eigenvalue weighted by atomic mass is 10.1. The Bertz CT molecular complexity index is 1380. The first kappa shape index (κ1) is 25.1. The molecule has 5 rings (SSSR count). The highest BCUT2D eigenvalue weighted by Gasteiger charge is 2.18. The van der Waals surface area contributed by atoms with Gasteiger partial charge in [-0.25, -0.2) is 4.98 Å². The molecule has 7 heteroatoms. The number of thiazole rings is 1. The minimum absolute atomic E-state index is 0.114. The van der Waals surface area contributed by atoms with E-state index in [-0.39, 0.29) is 18.1 Å². The van der Waals surface area contributed by atoms with E-state index < -0.39 is 0 Å². The number of anilines is 2. The molecule has 4 aromatic rings. The Morgan fingerprint density at radius 3 is 2.56 bits per heavy atom. The van der Waals surface area contributed by atoms with Crippen LogP contribution in [0.25, 0.3) is 11.3 Å². The summed E-state index contributed by atoms with van der Waals surface area (Å²) in [5.74, 6) is 0.0801. The standard InChI is InChI=1S/C21H21N3O2S.C8H8O/c1-13-20(16-5-8-18-15(12-16)9-10-24(18)2)23-21(27-13)22-19(26)11-14-3-6-17(25)7-4-14;1-7-4-2-3-5-8(7)6-9/h3-8,12,25H,9-11H2,1-2H3,(H,22,23,26);2-6H,1H3. The third-order valence-corrected chi connectivity index (χ3v) is 7.03. The molecule has 0 spiro atoms. The molecule has 0 fully saturated rings. The number of carbonyl (C=O) groups is 2. The van der Waals surface area contributed by atoms with Crippen molar-refractivity contribution in [2.75, 3.05) is 23.8 Å². The number of nitrogens with one attached hydrogen (secondary N) is 1. The van der Waals surface area contributed by atoms with Crippen LogP contribution >= 0.6 is 11.3 Å². The van der Waals surface area contributed by atoms with Crippen LogP contribution in [0.4, 0.5) is 10.8 Å². The maximum atomic E-state index is 12.3. The zero-order chi connectivity index (χ0) is 25.7. The summed E-state index contributed by atoms with van der Waals surface area (Å²) in [5.41, 5.74) is 7.31. The highest BCUT2D eigenvalue weighted by molar-refractivity contribution is 7.16. The molecule has 1 aliphatic heterocycles. The van der Waals surface area contributed by atoms with Crippen LogP contribution in [0.3, 0.4) is 0 Å². The van der Waals surface area contributed by atoms with Gasteiger partial charge in [0.15, 0.2) is 5.13 Å². The molecule has 0 saturated carbocycles. The number of amides is 1. The summed E-state index contributed by atoms with van der Waals surface area (Å²) in [5, 5.41) is 12.8. The van der Waals surface area contributed by atoms with Crippen LogP contribution < -0.4 is 10.2 Å². The summed E-state index contributed by atoms with van der Waals surface area (Å²) in [7, 11) is 2.11. The Morgan fingerprint density at radius 1 is 1.11 bits per heavy atom. The largest absolute Gasteiger partial charge is 0.508 e. The van der Waals surface area contributed by atoms with Crippen molar-refractivity contribution in [3.8, 4) is 17.0 Å². The van der Waals surface area contributed by atoms with Crippen molar-refractivity contribution in [1.82, 2.24) is 4.98 Å². The van der Waals surface area contributed by atoms with Crippen molar-refractivity contribution in [3.63, 3.8) is 0 Å². The van der Waals surface area contributed by atoms with Crippen LogP contribution in [0, 0.1) is 13.8 Å². The Balaban J connectivity index is 0.000000286. The van der Waals surface area contributed by atoms with Gasteiger partial charge in [0.2, 0.25) is 5.91 Å².